The van der Waals surface area contributed by atoms with Gasteiger partial charge < -0.3 is 0 Å². The molecule has 4 nitrogen and oxygen atoms in total. The van der Waals surface area contributed by atoms with E-state index in [1.807, 2.05) is 0 Å². The Hall–Kier alpha value is -1.87. The van der Waals surface area contributed by atoms with Gasteiger partial charge in [-0.25, -0.2) is 9.84 Å². The van der Waals surface area contributed by atoms with Gasteiger partial charge >= 0.3 is 12.4 Å². The number of nitrogens with zero attached hydrogens (tertiary/aromatic N) is 3. The quantitative estimate of drug-likeness (QED) is 0.277. The van der Waals surface area contributed by atoms with Gasteiger partial charge in [-0.05, 0) is 24.8 Å². The van der Waals surface area contributed by atoms with Crippen LogP contribution in [0.5, 0.6) is 0 Å². The van der Waals surface area contributed by atoms with Gasteiger partial charge in [0.25, 0.3) is 0 Å². The van der Waals surface area contributed by atoms with E-state index in [2.05, 4.69) is 20.4 Å². The molecule has 1 aliphatic heterocycles. The van der Waals surface area contributed by atoms with E-state index in [0.29, 0.717) is 11.8 Å². The molecule has 0 amide bonds. The van der Waals surface area contributed by atoms with Gasteiger partial charge in [-0.15, -0.1) is 11.8 Å². The first-order valence-electron chi connectivity index (χ1n) is 7.62. The van der Waals surface area contributed by atoms with Gasteiger partial charge in [0.05, 0.1) is 17.8 Å². The van der Waals surface area contributed by atoms with Crippen molar-refractivity contribution in [3.05, 3.63) is 35.2 Å². The van der Waals surface area contributed by atoms with Gasteiger partial charge in [0.2, 0.25) is 0 Å². The second-order valence-electron chi connectivity index (χ2n) is 5.84. The number of benzene rings is 1. The van der Waals surface area contributed by atoms with Crippen molar-refractivity contribution >= 4 is 47.4 Å². The molecule has 0 bridgehead atoms. The third kappa shape index (κ3) is 5.35. The summed E-state index contributed by atoms with van der Waals surface area (Å²) in [6, 6.07) is 2.93. The summed E-state index contributed by atoms with van der Waals surface area (Å²) in [4.78, 5) is 6.98. The van der Waals surface area contributed by atoms with Crippen LogP contribution < -0.4 is 5.43 Å². The molecule has 0 unspecified atom stereocenters. The smallest absolute Gasteiger partial charge is 0.297 e. The van der Waals surface area contributed by atoms with E-state index in [1.54, 1.807) is 6.92 Å². The predicted molar refractivity (Wildman–Crippen MR) is 103 cm³/mol. The number of hydrogen-bond acceptors (Lipinski definition) is 4. The molecule has 28 heavy (non-hydrogen) atoms. The van der Waals surface area contributed by atoms with Crippen molar-refractivity contribution in [2.45, 2.75) is 38.2 Å². The Morgan fingerprint density at radius 1 is 1.29 bits per heavy atom. The van der Waals surface area contributed by atoms with E-state index in [0.717, 1.165) is 17.8 Å². The van der Waals surface area contributed by atoms with Crippen molar-refractivity contribution < 1.29 is 26.3 Å². The van der Waals surface area contributed by atoms with Crippen molar-refractivity contribution in [3.63, 3.8) is 0 Å². The van der Waals surface area contributed by atoms with Crippen LogP contribution in [0.2, 0.25) is 0 Å². The Balaban J connectivity index is 0.00000392. The van der Waals surface area contributed by atoms with Crippen LogP contribution in [-0.2, 0) is 6.18 Å². The van der Waals surface area contributed by atoms with Crippen LogP contribution in [0, 0.1) is 6.57 Å². The van der Waals surface area contributed by atoms with Crippen LogP contribution in [0.1, 0.15) is 25.8 Å². The molecule has 1 atom stereocenters. The minimum absolute atomic E-state index is 0. The summed E-state index contributed by atoms with van der Waals surface area (Å²) in [7, 11) is 0. The minimum atomic E-state index is -4.74. The van der Waals surface area contributed by atoms with E-state index in [1.165, 1.54) is 13.0 Å². The third-order valence-corrected chi connectivity index (χ3v) is 4.78. The summed E-state index contributed by atoms with van der Waals surface area (Å²) >= 11 is 1.11. The van der Waals surface area contributed by atoms with E-state index < -0.39 is 41.3 Å². The van der Waals surface area contributed by atoms with E-state index in [9.17, 15) is 26.3 Å². The maximum Gasteiger partial charge on any atom is 0.431 e. The molecule has 0 aliphatic carbocycles. The lowest BCUT2D eigenvalue weighted by Gasteiger charge is -2.25. The van der Waals surface area contributed by atoms with Gasteiger partial charge in [-0.2, -0.15) is 44.9 Å². The molecule has 2 rings (SSSR count). The van der Waals surface area contributed by atoms with Gasteiger partial charge in [0.1, 0.15) is 16.3 Å². The molecule has 0 saturated heterocycles. The number of aliphatic imine (C=N–C) groups is 1. The second-order valence-corrected chi connectivity index (χ2v) is 7.09. The minimum Gasteiger partial charge on any atom is -0.297 e. The highest BCUT2D eigenvalue weighted by molar-refractivity contribution is 8.14. The number of halogens is 6. The molecule has 1 N–H and O–H groups in total. The van der Waals surface area contributed by atoms with Gasteiger partial charge in [-0.3, -0.25) is 5.43 Å². The zero-order valence-electron chi connectivity index (χ0n) is 14.7. The summed E-state index contributed by atoms with van der Waals surface area (Å²) in [6.45, 7) is 10.0. The van der Waals surface area contributed by atoms with Crippen LogP contribution in [0.15, 0.2) is 28.3 Å². The zero-order chi connectivity index (χ0) is 20.5. The summed E-state index contributed by atoms with van der Waals surface area (Å²) in [6.07, 6.45) is -9.84. The number of alkyl halides is 6. The predicted octanol–water partition coefficient (Wildman–Crippen LogP) is 5.82. The topological polar surface area (TPSA) is 41.1 Å². The third-order valence-electron chi connectivity index (χ3n) is 3.68. The molecule has 1 aromatic carbocycles. The van der Waals surface area contributed by atoms with Crippen LogP contribution >= 0.6 is 25.3 Å². The molecule has 154 valence electrons. The fourth-order valence-electron chi connectivity index (χ4n) is 2.38. The van der Waals surface area contributed by atoms with Crippen LogP contribution in [-0.4, -0.2) is 28.2 Å². The second kappa shape index (κ2) is 8.65. The standard InChI is InChI=1S/C16H14F6N4S.H2S/c1-4-27-13(14(2)8-12(25-26-14)16(20,21)22)24-9-5-6-11(23-3)10(7-9)15(17,18)19;/h5-7,26H,4,8H2,1-2H3;1H2/t14-;/m0./s1. The molecular weight excluding hydrogens is 426 g/mol. The maximum atomic E-state index is 13.1. The Kier molecular flexibility index (Phi) is 7.47. The molecule has 1 aliphatic rings. The molecule has 0 saturated carbocycles. The monoisotopic (exact) mass is 442 g/mol. The van der Waals surface area contributed by atoms with Crippen molar-refractivity contribution in [3.8, 4) is 0 Å². The maximum absolute atomic E-state index is 13.1. The molecule has 1 aromatic rings. The normalized spacial score (nSPS) is 20.1. The lowest BCUT2D eigenvalue weighted by molar-refractivity contribution is -0.136. The average Bonchev–Trinajstić information content (AvgIpc) is 2.97. The molecule has 0 spiro atoms. The fourth-order valence-corrected chi connectivity index (χ4v) is 3.26. The highest BCUT2D eigenvalue weighted by Gasteiger charge is 2.47. The summed E-state index contributed by atoms with van der Waals surface area (Å²) in [5.41, 5.74) is -1.70. The highest BCUT2D eigenvalue weighted by atomic mass is 32.2. The first-order chi connectivity index (χ1) is 12.4. The summed E-state index contributed by atoms with van der Waals surface area (Å²) < 4.78 is 78.0. The van der Waals surface area contributed by atoms with E-state index in [-0.39, 0.29) is 24.2 Å². The largest absolute Gasteiger partial charge is 0.431 e. The lowest BCUT2D eigenvalue weighted by atomic mass is 9.98. The van der Waals surface area contributed by atoms with Crippen molar-refractivity contribution in [1.29, 1.82) is 0 Å². The molecule has 12 heteroatoms. The van der Waals surface area contributed by atoms with Crippen molar-refractivity contribution in [1.82, 2.24) is 5.43 Å². The molecule has 0 radical (unpaired) electrons. The Morgan fingerprint density at radius 2 is 1.93 bits per heavy atom. The summed E-state index contributed by atoms with van der Waals surface area (Å²) in [5.74, 6) is 0.448. The van der Waals surface area contributed by atoms with Crippen LogP contribution in [0.25, 0.3) is 4.85 Å². The van der Waals surface area contributed by atoms with Crippen molar-refractivity contribution in [2.24, 2.45) is 10.1 Å². The number of thioether (sulfide) groups is 1. The number of hydrazone groups is 1. The first-order valence-corrected chi connectivity index (χ1v) is 8.61. The molecule has 0 fully saturated rings. The Bertz CT molecular complexity index is 826. The number of rotatable bonds is 3. The van der Waals surface area contributed by atoms with Gasteiger partial charge in [0.15, 0.2) is 5.69 Å². The Labute approximate surface area is 168 Å². The van der Waals surface area contributed by atoms with Gasteiger partial charge in [0, 0.05) is 6.42 Å². The van der Waals surface area contributed by atoms with E-state index >= 15 is 0 Å². The summed E-state index contributed by atoms with van der Waals surface area (Å²) in [5, 5.41) is 3.49. The number of hydrogen-bond donors (Lipinski definition) is 1. The lowest BCUT2D eigenvalue weighted by Crippen LogP contribution is -2.43. The fraction of sp³-hybridized carbons (Fsp3) is 0.438. The van der Waals surface area contributed by atoms with Crippen LogP contribution in [0.3, 0.4) is 0 Å². The SMILES string of the molecule is S.[C-]#[N+]c1ccc(N=C(SCC)[C@]2(C)CC(C(F)(F)F)=NN2)cc1C(F)(F)F. The van der Waals surface area contributed by atoms with Crippen LogP contribution in [0.4, 0.5) is 37.7 Å². The Morgan fingerprint density at radius 3 is 2.39 bits per heavy atom. The first kappa shape index (κ1) is 24.2. The zero-order valence-corrected chi connectivity index (χ0v) is 16.5. The van der Waals surface area contributed by atoms with E-state index in [4.69, 9.17) is 6.57 Å². The number of nitrogens with one attached hydrogen (secondary N) is 1. The molecule has 1 heterocycles. The van der Waals surface area contributed by atoms with Gasteiger partial charge in [-0.1, -0.05) is 13.0 Å². The molecular formula is C16H16F6N4S2. The molecule has 0 aromatic heterocycles. The van der Waals surface area contributed by atoms with Crippen molar-refractivity contribution in [2.75, 3.05) is 5.75 Å². The average molecular weight is 442 g/mol. The highest BCUT2D eigenvalue weighted by Crippen LogP contribution is 2.39.